The molecule has 1 aromatic heterocycles. The summed E-state index contributed by atoms with van der Waals surface area (Å²) in [6.07, 6.45) is 4.52. The molecular formula is C15H28ClN3. The van der Waals surface area contributed by atoms with E-state index in [-0.39, 0.29) is 0 Å². The number of halogens is 1. The van der Waals surface area contributed by atoms with E-state index in [1.807, 2.05) is 18.7 Å². The summed E-state index contributed by atoms with van der Waals surface area (Å²) in [5.41, 5.74) is 2.08. The van der Waals surface area contributed by atoms with Gasteiger partial charge in [0.25, 0.3) is 0 Å². The average molecular weight is 286 g/mol. The van der Waals surface area contributed by atoms with Crippen molar-refractivity contribution in [3.8, 4) is 0 Å². The third kappa shape index (κ3) is 4.22. The predicted molar refractivity (Wildman–Crippen MR) is 82.8 cm³/mol. The lowest BCUT2D eigenvalue weighted by molar-refractivity contribution is 0.327. The first-order valence-electron chi connectivity index (χ1n) is 7.46. The fourth-order valence-corrected chi connectivity index (χ4v) is 2.94. The van der Waals surface area contributed by atoms with Crippen LogP contribution in [-0.2, 0) is 13.5 Å². The van der Waals surface area contributed by atoms with Crippen molar-refractivity contribution in [1.29, 1.82) is 0 Å². The summed E-state index contributed by atoms with van der Waals surface area (Å²) in [5.74, 6) is 0.692. The molecule has 1 unspecified atom stereocenters. The Kier molecular flexibility index (Phi) is 6.87. The molecule has 0 saturated heterocycles. The number of hydrogen-bond acceptors (Lipinski definition) is 2. The van der Waals surface area contributed by atoms with E-state index in [0.717, 1.165) is 35.8 Å². The molecule has 4 heteroatoms. The maximum absolute atomic E-state index is 6.37. The van der Waals surface area contributed by atoms with E-state index < -0.39 is 0 Å². The fraction of sp³-hybridized carbons (Fsp3) is 0.800. The molecule has 0 fully saturated rings. The van der Waals surface area contributed by atoms with E-state index in [2.05, 4.69) is 31.2 Å². The molecule has 0 spiro atoms. The summed E-state index contributed by atoms with van der Waals surface area (Å²) in [6, 6.07) is 0.488. The third-order valence-electron chi connectivity index (χ3n) is 3.95. The number of hydrogen-bond donors (Lipinski definition) is 1. The van der Waals surface area contributed by atoms with Crippen molar-refractivity contribution in [1.82, 2.24) is 15.1 Å². The molecule has 1 aromatic rings. The molecule has 19 heavy (non-hydrogen) atoms. The lowest BCUT2D eigenvalue weighted by Gasteiger charge is -2.26. The van der Waals surface area contributed by atoms with Crippen LogP contribution in [0.1, 0.15) is 51.4 Å². The van der Waals surface area contributed by atoms with Gasteiger partial charge in [-0.15, -0.1) is 0 Å². The molecule has 0 bridgehead atoms. The Morgan fingerprint density at radius 2 is 1.89 bits per heavy atom. The first-order chi connectivity index (χ1) is 9.04. The Labute approximate surface area is 122 Å². The minimum atomic E-state index is 0.488. The van der Waals surface area contributed by atoms with E-state index in [0.29, 0.717) is 12.0 Å². The Balaban J connectivity index is 2.86. The van der Waals surface area contributed by atoms with Crippen molar-refractivity contribution in [3.05, 3.63) is 16.4 Å². The van der Waals surface area contributed by atoms with Gasteiger partial charge in [-0.25, -0.2) is 0 Å². The average Bonchev–Trinajstić information content (AvgIpc) is 2.63. The van der Waals surface area contributed by atoms with Crippen molar-refractivity contribution < 1.29 is 0 Å². The van der Waals surface area contributed by atoms with Gasteiger partial charge in [0, 0.05) is 19.5 Å². The van der Waals surface area contributed by atoms with E-state index >= 15 is 0 Å². The minimum Gasteiger partial charge on any atom is -0.313 e. The second-order valence-electron chi connectivity index (χ2n) is 5.31. The zero-order valence-electron chi connectivity index (χ0n) is 13.0. The SMILES string of the molecule is CCCNC(Cc1c(Cl)c(C)nn1C)C(CC)CC. The van der Waals surface area contributed by atoms with Gasteiger partial charge in [-0.1, -0.05) is 45.2 Å². The molecule has 110 valence electrons. The normalized spacial score (nSPS) is 13.2. The molecule has 0 saturated carbocycles. The summed E-state index contributed by atoms with van der Waals surface area (Å²) in [7, 11) is 1.98. The topological polar surface area (TPSA) is 29.9 Å². The predicted octanol–water partition coefficient (Wildman–Crippen LogP) is 3.73. The summed E-state index contributed by atoms with van der Waals surface area (Å²) < 4.78 is 1.93. The second kappa shape index (κ2) is 7.91. The standard InChI is InChI=1S/C15H28ClN3/c1-6-9-17-13(12(7-2)8-3)10-14-15(16)11(4)18-19(14)5/h12-13,17H,6-10H2,1-5H3. The zero-order valence-corrected chi connectivity index (χ0v) is 13.7. The van der Waals surface area contributed by atoms with Gasteiger partial charge >= 0.3 is 0 Å². The highest BCUT2D eigenvalue weighted by Crippen LogP contribution is 2.24. The molecule has 1 N–H and O–H groups in total. The lowest BCUT2D eigenvalue weighted by atomic mass is 9.90. The minimum absolute atomic E-state index is 0.488. The summed E-state index contributed by atoms with van der Waals surface area (Å²) >= 11 is 6.37. The highest BCUT2D eigenvalue weighted by Gasteiger charge is 2.22. The second-order valence-corrected chi connectivity index (χ2v) is 5.69. The molecule has 1 atom stereocenters. The van der Waals surface area contributed by atoms with E-state index in [1.165, 1.54) is 12.8 Å². The van der Waals surface area contributed by atoms with Crippen molar-refractivity contribution >= 4 is 11.6 Å². The van der Waals surface area contributed by atoms with Gasteiger partial charge in [0.2, 0.25) is 0 Å². The number of rotatable bonds is 8. The molecule has 1 rings (SSSR count). The Morgan fingerprint density at radius 1 is 1.26 bits per heavy atom. The molecule has 0 radical (unpaired) electrons. The van der Waals surface area contributed by atoms with Crippen molar-refractivity contribution in [2.45, 2.75) is 59.4 Å². The van der Waals surface area contributed by atoms with E-state index in [9.17, 15) is 0 Å². The molecule has 1 heterocycles. The van der Waals surface area contributed by atoms with Crippen LogP contribution in [0.4, 0.5) is 0 Å². The molecule has 0 aromatic carbocycles. The van der Waals surface area contributed by atoms with E-state index in [4.69, 9.17) is 11.6 Å². The quantitative estimate of drug-likeness (QED) is 0.789. The van der Waals surface area contributed by atoms with Crippen LogP contribution in [0.3, 0.4) is 0 Å². The molecule has 0 aliphatic rings. The van der Waals surface area contributed by atoms with Gasteiger partial charge in [0.1, 0.15) is 0 Å². The van der Waals surface area contributed by atoms with Crippen LogP contribution < -0.4 is 5.32 Å². The largest absolute Gasteiger partial charge is 0.313 e. The van der Waals surface area contributed by atoms with Crippen LogP contribution in [0.15, 0.2) is 0 Å². The van der Waals surface area contributed by atoms with Gasteiger partial charge in [-0.3, -0.25) is 4.68 Å². The summed E-state index contributed by atoms with van der Waals surface area (Å²) in [4.78, 5) is 0. The number of nitrogens with zero attached hydrogens (tertiary/aromatic N) is 2. The maximum Gasteiger partial charge on any atom is 0.0847 e. The van der Waals surface area contributed by atoms with Gasteiger partial charge in [0.05, 0.1) is 16.4 Å². The van der Waals surface area contributed by atoms with Gasteiger partial charge in [-0.05, 0) is 25.8 Å². The van der Waals surface area contributed by atoms with Crippen molar-refractivity contribution in [2.75, 3.05) is 6.54 Å². The lowest BCUT2D eigenvalue weighted by Crippen LogP contribution is -2.38. The third-order valence-corrected chi connectivity index (χ3v) is 4.44. The summed E-state index contributed by atoms with van der Waals surface area (Å²) in [5, 5.41) is 8.93. The smallest absolute Gasteiger partial charge is 0.0847 e. The maximum atomic E-state index is 6.37. The molecule has 3 nitrogen and oxygen atoms in total. The van der Waals surface area contributed by atoms with Crippen LogP contribution in [0.5, 0.6) is 0 Å². The molecule has 0 aliphatic carbocycles. The number of nitrogens with one attached hydrogen (secondary N) is 1. The fourth-order valence-electron chi connectivity index (χ4n) is 2.70. The van der Waals surface area contributed by atoms with Crippen LogP contribution in [-0.4, -0.2) is 22.4 Å². The number of aryl methyl sites for hydroxylation is 2. The molecule has 0 amide bonds. The highest BCUT2D eigenvalue weighted by atomic mass is 35.5. The van der Waals surface area contributed by atoms with Gasteiger partial charge in [-0.2, -0.15) is 5.10 Å². The zero-order chi connectivity index (χ0) is 14.4. The van der Waals surface area contributed by atoms with Crippen LogP contribution in [0.25, 0.3) is 0 Å². The Hall–Kier alpha value is -0.540. The monoisotopic (exact) mass is 285 g/mol. The van der Waals surface area contributed by atoms with Gasteiger partial charge in [0.15, 0.2) is 0 Å². The first-order valence-corrected chi connectivity index (χ1v) is 7.84. The van der Waals surface area contributed by atoms with Gasteiger partial charge < -0.3 is 5.32 Å². The van der Waals surface area contributed by atoms with Crippen LogP contribution >= 0.6 is 11.6 Å². The van der Waals surface area contributed by atoms with Crippen molar-refractivity contribution in [3.63, 3.8) is 0 Å². The molecule has 0 aliphatic heterocycles. The van der Waals surface area contributed by atoms with Crippen molar-refractivity contribution in [2.24, 2.45) is 13.0 Å². The summed E-state index contributed by atoms with van der Waals surface area (Å²) in [6.45, 7) is 9.78. The van der Waals surface area contributed by atoms with Crippen LogP contribution in [0, 0.1) is 12.8 Å². The first kappa shape index (κ1) is 16.5. The molecular weight excluding hydrogens is 258 g/mol. The Morgan fingerprint density at radius 3 is 2.32 bits per heavy atom. The van der Waals surface area contributed by atoms with E-state index in [1.54, 1.807) is 0 Å². The van der Waals surface area contributed by atoms with Crippen LogP contribution in [0.2, 0.25) is 5.02 Å². The Bertz CT molecular complexity index is 383. The highest BCUT2D eigenvalue weighted by molar-refractivity contribution is 6.31. The number of aromatic nitrogens is 2.